The lowest BCUT2D eigenvalue weighted by atomic mass is 10.1. The van der Waals surface area contributed by atoms with Crippen molar-refractivity contribution in [2.75, 3.05) is 6.54 Å². The number of aromatic nitrogens is 1. The van der Waals surface area contributed by atoms with Crippen LogP contribution < -0.4 is 10.1 Å². The topological polar surface area (TPSA) is 66.8 Å². The molecule has 0 saturated carbocycles. The van der Waals surface area contributed by atoms with E-state index in [0.717, 1.165) is 52.8 Å². The minimum Gasteiger partial charge on any atom is -0.457 e. The average molecular weight is 356 g/mol. The summed E-state index contributed by atoms with van der Waals surface area (Å²) in [5.41, 5.74) is 3.90. The molecule has 132 valence electrons. The van der Waals surface area contributed by atoms with Crippen LogP contribution in [0.2, 0.25) is 0 Å². The molecule has 0 atom stereocenters. The maximum Gasteiger partial charge on any atom is 0.248 e. The Hall–Kier alpha value is -3.67. The van der Waals surface area contributed by atoms with Gasteiger partial charge in [0.05, 0.1) is 5.70 Å². The van der Waals surface area contributed by atoms with Crippen LogP contribution in [0.5, 0.6) is 11.5 Å². The number of allylic oxidation sites excluding steroid dienone is 1. The van der Waals surface area contributed by atoms with Crippen LogP contribution in [0.3, 0.4) is 0 Å². The van der Waals surface area contributed by atoms with Crippen molar-refractivity contribution in [2.24, 2.45) is 4.99 Å². The zero-order valence-electron chi connectivity index (χ0n) is 14.4. The van der Waals surface area contributed by atoms with Crippen molar-refractivity contribution in [3.63, 3.8) is 0 Å². The van der Waals surface area contributed by atoms with Gasteiger partial charge in [-0.2, -0.15) is 0 Å². The number of benzene rings is 1. The van der Waals surface area contributed by atoms with Gasteiger partial charge in [-0.25, -0.2) is 4.99 Å². The molecule has 3 aliphatic heterocycles. The Morgan fingerprint density at radius 3 is 2.85 bits per heavy atom. The van der Waals surface area contributed by atoms with E-state index in [4.69, 9.17) is 4.74 Å². The van der Waals surface area contributed by atoms with E-state index in [-0.39, 0.29) is 5.91 Å². The third-order valence-electron chi connectivity index (χ3n) is 4.66. The molecule has 0 aliphatic carbocycles. The van der Waals surface area contributed by atoms with Crippen molar-refractivity contribution < 1.29 is 9.53 Å². The summed E-state index contributed by atoms with van der Waals surface area (Å²) in [7, 11) is 0. The highest BCUT2D eigenvalue weighted by Crippen LogP contribution is 2.34. The van der Waals surface area contributed by atoms with Crippen molar-refractivity contribution in [2.45, 2.75) is 6.42 Å². The van der Waals surface area contributed by atoms with Gasteiger partial charge in [-0.05, 0) is 30.3 Å². The van der Waals surface area contributed by atoms with Gasteiger partial charge in [0, 0.05) is 54.5 Å². The lowest BCUT2D eigenvalue weighted by Crippen LogP contribution is -2.31. The fourth-order valence-corrected chi connectivity index (χ4v) is 3.49. The van der Waals surface area contributed by atoms with E-state index in [1.54, 1.807) is 18.5 Å². The monoisotopic (exact) mass is 356 g/mol. The molecule has 6 nitrogen and oxygen atoms in total. The van der Waals surface area contributed by atoms with Gasteiger partial charge >= 0.3 is 0 Å². The molecule has 5 rings (SSSR count). The Labute approximate surface area is 156 Å². The van der Waals surface area contributed by atoms with E-state index in [2.05, 4.69) is 20.2 Å². The number of hydrogen-bond acceptors (Lipinski definition) is 5. The zero-order valence-corrected chi connectivity index (χ0v) is 14.4. The largest absolute Gasteiger partial charge is 0.457 e. The first-order valence-corrected chi connectivity index (χ1v) is 8.74. The van der Waals surface area contributed by atoms with Crippen LogP contribution in [0.1, 0.15) is 12.0 Å². The van der Waals surface area contributed by atoms with Crippen LogP contribution in [-0.2, 0) is 4.79 Å². The molecule has 4 heterocycles. The molecule has 0 radical (unpaired) electrons. The quantitative estimate of drug-likeness (QED) is 0.918. The van der Waals surface area contributed by atoms with Crippen molar-refractivity contribution in [3.05, 3.63) is 89.7 Å². The molecule has 27 heavy (non-hydrogen) atoms. The second kappa shape index (κ2) is 6.25. The van der Waals surface area contributed by atoms with Crippen molar-refractivity contribution in [1.82, 2.24) is 15.2 Å². The first-order chi connectivity index (χ1) is 13.3. The predicted octanol–water partition coefficient (Wildman–Crippen LogP) is 3.12. The highest BCUT2D eigenvalue weighted by Gasteiger charge is 2.32. The van der Waals surface area contributed by atoms with Crippen molar-refractivity contribution >= 4 is 11.7 Å². The number of rotatable bonds is 3. The molecule has 0 bridgehead atoms. The molecule has 3 aliphatic rings. The number of carbonyl (C=O) groups is 1. The smallest absolute Gasteiger partial charge is 0.248 e. The number of amides is 1. The third-order valence-corrected chi connectivity index (χ3v) is 4.66. The molecule has 1 amide bonds. The number of nitrogens with zero attached hydrogens (tertiary/aromatic N) is 3. The predicted molar refractivity (Wildman–Crippen MR) is 101 cm³/mol. The molecule has 6 heteroatoms. The molecule has 1 aromatic carbocycles. The molecule has 1 N–H and O–H groups in total. The summed E-state index contributed by atoms with van der Waals surface area (Å²) < 4.78 is 5.92. The summed E-state index contributed by atoms with van der Waals surface area (Å²) in [6.45, 7) is 0.782. The van der Waals surface area contributed by atoms with Gasteiger partial charge in [0.1, 0.15) is 17.3 Å². The molecule has 0 fully saturated rings. The third kappa shape index (κ3) is 2.81. The Kier molecular flexibility index (Phi) is 3.60. The first kappa shape index (κ1) is 15.6. The lowest BCUT2D eigenvalue weighted by molar-refractivity contribution is -0.115. The maximum absolute atomic E-state index is 11.8. The lowest BCUT2D eigenvalue weighted by Gasteiger charge is -2.27. The normalized spacial score (nSPS) is 17.8. The van der Waals surface area contributed by atoms with Crippen LogP contribution in [0.4, 0.5) is 0 Å². The summed E-state index contributed by atoms with van der Waals surface area (Å²) >= 11 is 0. The Morgan fingerprint density at radius 1 is 1.07 bits per heavy atom. The van der Waals surface area contributed by atoms with Crippen LogP contribution in [0, 0.1) is 0 Å². The molecule has 2 aromatic rings. The van der Waals surface area contributed by atoms with E-state index in [0.29, 0.717) is 0 Å². The summed E-state index contributed by atoms with van der Waals surface area (Å²) in [5, 5.41) is 2.97. The number of aliphatic imine (C=N–C) groups is 1. The van der Waals surface area contributed by atoms with E-state index < -0.39 is 0 Å². The van der Waals surface area contributed by atoms with E-state index in [1.165, 1.54) is 0 Å². The number of hydrogen-bond donors (Lipinski definition) is 1. The summed E-state index contributed by atoms with van der Waals surface area (Å²) in [4.78, 5) is 22.7. The van der Waals surface area contributed by atoms with Crippen LogP contribution in [-0.4, -0.2) is 28.2 Å². The minimum absolute atomic E-state index is 0.0936. The molecule has 1 aromatic heterocycles. The van der Waals surface area contributed by atoms with Crippen LogP contribution in [0.25, 0.3) is 0 Å². The van der Waals surface area contributed by atoms with Crippen LogP contribution >= 0.6 is 0 Å². The van der Waals surface area contributed by atoms with Gasteiger partial charge in [0.25, 0.3) is 0 Å². The number of ether oxygens (including phenoxy) is 1. The molecular weight excluding hydrogens is 340 g/mol. The van der Waals surface area contributed by atoms with E-state index in [1.807, 2.05) is 48.7 Å². The molecule has 0 saturated heterocycles. The molecular formula is C21H16N4O2. The van der Waals surface area contributed by atoms with Gasteiger partial charge < -0.3 is 15.0 Å². The van der Waals surface area contributed by atoms with Crippen molar-refractivity contribution in [1.29, 1.82) is 0 Å². The second-order valence-electron chi connectivity index (χ2n) is 6.40. The Balaban J connectivity index is 1.50. The van der Waals surface area contributed by atoms with Crippen LogP contribution in [0.15, 0.2) is 89.1 Å². The summed E-state index contributed by atoms with van der Waals surface area (Å²) in [6, 6.07) is 11.5. The minimum atomic E-state index is -0.0936. The SMILES string of the molecule is O=C1C=CC2=CN=C(c3cccc(Oc4ccncc4)c3)N3CCC(=C23)N1. The number of pyridine rings is 1. The molecule has 0 unspecified atom stereocenters. The Bertz CT molecular complexity index is 1050. The van der Waals surface area contributed by atoms with Gasteiger partial charge in [0.15, 0.2) is 0 Å². The number of nitrogens with one attached hydrogen (secondary N) is 1. The van der Waals surface area contributed by atoms with E-state index >= 15 is 0 Å². The molecule has 0 spiro atoms. The summed E-state index contributed by atoms with van der Waals surface area (Å²) in [5.74, 6) is 2.23. The number of amidine groups is 1. The first-order valence-electron chi connectivity index (χ1n) is 8.74. The Morgan fingerprint density at radius 2 is 1.96 bits per heavy atom. The van der Waals surface area contributed by atoms with Gasteiger partial charge in [0.2, 0.25) is 5.91 Å². The fraction of sp³-hybridized carbons (Fsp3) is 0.0952. The number of carbonyl (C=O) groups excluding carboxylic acids is 1. The van der Waals surface area contributed by atoms with Gasteiger partial charge in [-0.15, -0.1) is 0 Å². The maximum atomic E-state index is 11.8. The van der Waals surface area contributed by atoms with E-state index in [9.17, 15) is 4.79 Å². The van der Waals surface area contributed by atoms with Gasteiger partial charge in [-0.3, -0.25) is 9.78 Å². The average Bonchev–Trinajstić information content (AvgIpc) is 3.03. The highest BCUT2D eigenvalue weighted by molar-refractivity contribution is 6.03. The zero-order chi connectivity index (χ0) is 18.2. The highest BCUT2D eigenvalue weighted by atomic mass is 16.5. The standard InChI is InChI=1S/C21H16N4O2/c26-19-5-4-15-13-23-21(25-11-8-18(24-19)20(15)25)14-2-1-3-17(12-14)27-16-6-9-22-10-7-16/h1-7,9-10,12-13H,8,11H2,(H,24,26). The summed E-state index contributed by atoms with van der Waals surface area (Å²) in [6.07, 6.45) is 9.36. The second-order valence-corrected chi connectivity index (χ2v) is 6.40. The van der Waals surface area contributed by atoms with Crippen molar-refractivity contribution in [3.8, 4) is 11.5 Å². The van der Waals surface area contributed by atoms with Gasteiger partial charge in [-0.1, -0.05) is 12.1 Å². The fourth-order valence-electron chi connectivity index (χ4n) is 3.49.